The van der Waals surface area contributed by atoms with E-state index in [2.05, 4.69) is 24.4 Å². The molecule has 19 heavy (non-hydrogen) atoms. The van der Waals surface area contributed by atoms with Crippen molar-refractivity contribution in [2.75, 3.05) is 5.32 Å². The van der Waals surface area contributed by atoms with Gasteiger partial charge in [-0.25, -0.2) is 0 Å². The van der Waals surface area contributed by atoms with Crippen LogP contribution in [0.1, 0.15) is 24.1 Å². The van der Waals surface area contributed by atoms with Gasteiger partial charge < -0.3 is 11.1 Å². The molecule has 0 radical (unpaired) electrons. The van der Waals surface area contributed by atoms with Gasteiger partial charge in [-0.1, -0.05) is 48.5 Å². The molecule has 0 heterocycles. The van der Waals surface area contributed by atoms with E-state index < -0.39 is 0 Å². The first-order valence-electron chi connectivity index (χ1n) is 6.34. The third-order valence-electron chi connectivity index (χ3n) is 3.05. The van der Waals surface area contributed by atoms with E-state index in [1.165, 1.54) is 5.56 Å². The standard InChI is InChI=1S/C16H18N2O/c1-12(13-7-3-2-4-8-13)18-15-10-6-5-9-14(15)11-16(17)19/h2-10,12,18H,11H2,1H3,(H2,17,19). The van der Waals surface area contributed by atoms with Gasteiger partial charge in [-0.05, 0) is 24.1 Å². The molecule has 0 fully saturated rings. The summed E-state index contributed by atoms with van der Waals surface area (Å²) in [6.07, 6.45) is 0.255. The Kier molecular flexibility index (Phi) is 4.18. The van der Waals surface area contributed by atoms with E-state index in [0.717, 1.165) is 11.3 Å². The van der Waals surface area contributed by atoms with Crippen molar-refractivity contribution in [3.63, 3.8) is 0 Å². The molecular weight excluding hydrogens is 236 g/mol. The van der Waals surface area contributed by atoms with Crippen molar-refractivity contribution in [1.29, 1.82) is 0 Å². The average Bonchev–Trinajstić information content (AvgIpc) is 2.41. The number of para-hydroxylation sites is 1. The highest BCUT2D eigenvalue weighted by Gasteiger charge is 2.09. The maximum Gasteiger partial charge on any atom is 0.221 e. The molecule has 0 aliphatic rings. The second-order valence-corrected chi connectivity index (χ2v) is 4.58. The number of primary amides is 1. The number of hydrogen-bond acceptors (Lipinski definition) is 2. The lowest BCUT2D eigenvalue weighted by Crippen LogP contribution is -2.16. The topological polar surface area (TPSA) is 55.1 Å². The Morgan fingerprint density at radius 1 is 1.11 bits per heavy atom. The van der Waals surface area contributed by atoms with Gasteiger partial charge in [0.25, 0.3) is 0 Å². The van der Waals surface area contributed by atoms with Gasteiger partial charge >= 0.3 is 0 Å². The predicted molar refractivity (Wildman–Crippen MR) is 77.8 cm³/mol. The Morgan fingerprint density at radius 3 is 2.42 bits per heavy atom. The van der Waals surface area contributed by atoms with Crippen molar-refractivity contribution in [2.24, 2.45) is 5.73 Å². The molecule has 0 spiro atoms. The smallest absolute Gasteiger partial charge is 0.221 e. The summed E-state index contributed by atoms with van der Waals surface area (Å²) in [5.41, 5.74) is 8.36. The first kappa shape index (κ1) is 13.1. The largest absolute Gasteiger partial charge is 0.378 e. The van der Waals surface area contributed by atoms with Crippen molar-refractivity contribution in [2.45, 2.75) is 19.4 Å². The molecule has 1 unspecified atom stereocenters. The summed E-state index contributed by atoms with van der Waals surface area (Å²) < 4.78 is 0. The lowest BCUT2D eigenvalue weighted by Gasteiger charge is -2.18. The molecule has 0 aromatic heterocycles. The Balaban J connectivity index is 2.17. The van der Waals surface area contributed by atoms with E-state index in [-0.39, 0.29) is 18.4 Å². The molecule has 0 aliphatic heterocycles. The van der Waals surface area contributed by atoms with Crippen molar-refractivity contribution in [3.8, 4) is 0 Å². The van der Waals surface area contributed by atoms with Gasteiger partial charge in [0.1, 0.15) is 0 Å². The Morgan fingerprint density at radius 2 is 1.74 bits per heavy atom. The Labute approximate surface area is 113 Å². The summed E-state index contributed by atoms with van der Waals surface area (Å²) in [6, 6.07) is 18.1. The molecule has 3 N–H and O–H groups in total. The highest BCUT2D eigenvalue weighted by molar-refractivity contribution is 5.78. The van der Waals surface area contributed by atoms with Gasteiger partial charge in [0, 0.05) is 11.7 Å². The normalized spacial score (nSPS) is 11.8. The first-order chi connectivity index (χ1) is 9.16. The van der Waals surface area contributed by atoms with Crippen LogP contribution in [0.4, 0.5) is 5.69 Å². The minimum atomic E-state index is -0.318. The van der Waals surface area contributed by atoms with Crippen molar-refractivity contribution >= 4 is 11.6 Å². The van der Waals surface area contributed by atoms with Crippen molar-refractivity contribution < 1.29 is 4.79 Å². The second kappa shape index (κ2) is 6.05. The van der Waals surface area contributed by atoms with Crippen LogP contribution in [0, 0.1) is 0 Å². The number of rotatable bonds is 5. The molecule has 1 atom stereocenters. The van der Waals surface area contributed by atoms with Crippen LogP contribution < -0.4 is 11.1 Å². The number of amides is 1. The van der Waals surface area contributed by atoms with Gasteiger partial charge in [0.15, 0.2) is 0 Å². The molecule has 1 amide bonds. The predicted octanol–water partition coefficient (Wildman–Crippen LogP) is 2.89. The van der Waals surface area contributed by atoms with Crippen LogP contribution in [0.5, 0.6) is 0 Å². The Hall–Kier alpha value is -2.29. The highest BCUT2D eigenvalue weighted by Crippen LogP contribution is 2.22. The van der Waals surface area contributed by atoms with Crippen molar-refractivity contribution in [1.82, 2.24) is 0 Å². The molecule has 98 valence electrons. The summed E-state index contributed by atoms with van der Waals surface area (Å²) in [4.78, 5) is 11.1. The lowest BCUT2D eigenvalue weighted by molar-refractivity contribution is -0.117. The van der Waals surface area contributed by atoms with Gasteiger partial charge in [-0.3, -0.25) is 4.79 Å². The van der Waals surface area contributed by atoms with Gasteiger partial charge in [0.2, 0.25) is 5.91 Å². The molecule has 0 saturated carbocycles. The van der Waals surface area contributed by atoms with E-state index in [0.29, 0.717) is 0 Å². The Bertz CT molecular complexity index is 552. The van der Waals surface area contributed by atoms with E-state index in [4.69, 9.17) is 5.73 Å². The molecule has 0 saturated heterocycles. The summed E-state index contributed by atoms with van der Waals surface area (Å²) in [5, 5.41) is 3.42. The summed E-state index contributed by atoms with van der Waals surface area (Å²) in [6.45, 7) is 2.09. The molecular formula is C16H18N2O. The quantitative estimate of drug-likeness (QED) is 0.862. The average molecular weight is 254 g/mol. The third-order valence-corrected chi connectivity index (χ3v) is 3.05. The maximum absolute atomic E-state index is 11.1. The molecule has 2 aromatic rings. The molecule has 2 rings (SSSR count). The van der Waals surface area contributed by atoms with Crippen LogP contribution in [-0.4, -0.2) is 5.91 Å². The third kappa shape index (κ3) is 3.58. The van der Waals surface area contributed by atoms with E-state index in [1.807, 2.05) is 42.5 Å². The number of benzene rings is 2. The molecule has 0 bridgehead atoms. The maximum atomic E-state index is 11.1. The van der Waals surface area contributed by atoms with Crippen LogP contribution in [0.25, 0.3) is 0 Å². The number of anilines is 1. The number of carbonyl (C=O) groups is 1. The summed E-state index contributed by atoms with van der Waals surface area (Å²) in [5.74, 6) is -0.318. The highest BCUT2D eigenvalue weighted by atomic mass is 16.1. The first-order valence-corrected chi connectivity index (χ1v) is 6.34. The van der Waals surface area contributed by atoms with Crippen LogP contribution in [0.3, 0.4) is 0 Å². The van der Waals surface area contributed by atoms with E-state index in [1.54, 1.807) is 0 Å². The fraction of sp³-hybridized carbons (Fsp3) is 0.188. The fourth-order valence-electron chi connectivity index (χ4n) is 2.06. The van der Waals surface area contributed by atoms with Crippen LogP contribution in [0.15, 0.2) is 54.6 Å². The van der Waals surface area contributed by atoms with Crippen LogP contribution in [-0.2, 0) is 11.2 Å². The number of carbonyl (C=O) groups excluding carboxylic acids is 1. The zero-order valence-electron chi connectivity index (χ0n) is 11.0. The zero-order chi connectivity index (χ0) is 13.7. The molecule has 2 aromatic carbocycles. The van der Waals surface area contributed by atoms with E-state index in [9.17, 15) is 4.79 Å². The van der Waals surface area contributed by atoms with Gasteiger partial charge in [0.05, 0.1) is 6.42 Å². The van der Waals surface area contributed by atoms with Crippen molar-refractivity contribution in [3.05, 3.63) is 65.7 Å². The monoisotopic (exact) mass is 254 g/mol. The zero-order valence-corrected chi connectivity index (χ0v) is 11.0. The molecule has 0 aliphatic carbocycles. The van der Waals surface area contributed by atoms with Crippen LogP contribution in [0.2, 0.25) is 0 Å². The SMILES string of the molecule is CC(Nc1ccccc1CC(N)=O)c1ccccc1. The minimum absolute atomic E-state index is 0.176. The minimum Gasteiger partial charge on any atom is -0.378 e. The van der Waals surface area contributed by atoms with Crippen LogP contribution >= 0.6 is 0 Å². The number of nitrogens with one attached hydrogen (secondary N) is 1. The molecule has 3 heteroatoms. The summed E-state index contributed by atoms with van der Waals surface area (Å²) in [7, 11) is 0. The summed E-state index contributed by atoms with van der Waals surface area (Å²) >= 11 is 0. The second-order valence-electron chi connectivity index (χ2n) is 4.58. The van der Waals surface area contributed by atoms with Gasteiger partial charge in [-0.15, -0.1) is 0 Å². The van der Waals surface area contributed by atoms with E-state index >= 15 is 0 Å². The fourth-order valence-corrected chi connectivity index (χ4v) is 2.06. The number of nitrogens with two attached hydrogens (primary N) is 1. The molecule has 3 nitrogen and oxygen atoms in total. The van der Waals surface area contributed by atoms with Gasteiger partial charge in [-0.2, -0.15) is 0 Å². The number of hydrogen-bond donors (Lipinski definition) is 2. The lowest BCUT2D eigenvalue weighted by atomic mass is 10.1.